The van der Waals surface area contributed by atoms with E-state index in [0.717, 1.165) is 18.8 Å². The summed E-state index contributed by atoms with van der Waals surface area (Å²) in [6.07, 6.45) is 11.8. The van der Waals surface area contributed by atoms with Gasteiger partial charge in [0.15, 0.2) is 0 Å². The van der Waals surface area contributed by atoms with Crippen molar-refractivity contribution in [3.05, 3.63) is 36.7 Å². The minimum Gasteiger partial charge on any atom is -0.368 e. The number of aromatic nitrogens is 4. The van der Waals surface area contributed by atoms with Crippen LogP contribution in [0, 0.1) is 0 Å². The zero-order valence-corrected chi connectivity index (χ0v) is 10.5. The first-order valence-electron chi connectivity index (χ1n) is 6.32. The van der Waals surface area contributed by atoms with E-state index >= 15 is 0 Å². The second-order valence-electron chi connectivity index (χ2n) is 4.79. The second kappa shape index (κ2) is 4.76. The van der Waals surface area contributed by atoms with E-state index in [1.807, 2.05) is 24.1 Å². The third-order valence-electron chi connectivity index (χ3n) is 3.48. The van der Waals surface area contributed by atoms with Gasteiger partial charge in [0.25, 0.3) is 0 Å². The fourth-order valence-electron chi connectivity index (χ4n) is 2.55. The first kappa shape index (κ1) is 11.2. The normalized spacial score (nSPS) is 20.1. The van der Waals surface area contributed by atoms with Crippen LogP contribution in [0.25, 0.3) is 0 Å². The summed E-state index contributed by atoms with van der Waals surface area (Å²) in [5, 5.41) is 4.24. The highest BCUT2D eigenvalue weighted by Gasteiger charge is 2.23. The van der Waals surface area contributed by atoms with Crippen molar-refractivity contribution in [1.82, 2.24) is 19.7 Å². The minimum atomic E-state index is 0.479. The zero-order chi connectivity index (χ0) is 12.4. The molecular formula is C13H17N5. The summed E-state index contributed by atoms with van der Waals surface area (Å²) in [6, 6.07) is 0. The molecule has 94 valence electrons. The van der Waals surface area contributed by atoms with Crippen molar-refractivity contribution >= 4 is 5.69 Å². The summed E-state index contributed by atoms with van der Waals surface area (Å²) in [5.41, 5.74) is 2.30. The van der Waals surface area contributed by atoms with Gasteiger partial charge in [-0.25, -0.2) is 0 Å². The van der Waals surface area contributed by atoms with Gasteiger partial charge in [-0.2, -0.15) is 5.10 Å². The lowest BCUT2D eigenvalue weighted by molar-refractivity contribution is 0.500. The molecule has 0 amide bonds. The monoisotopic (exact) mass is 243 g/mol. The Morgan fingerprint density at radius 3 is 2.94 bits per heavy atom. The maximum atomic E-state index is 4.43. The van der Waals surface area contributed by atoms with Crippen LogP contribution in [0.2, 0.25) is 0 Å². The topological polar surface area (TPSA) is 46.8 Å². The maximum Gasteiger partial charge on any atom is 0.0752 e. The van der Waals surface area contributed by atoms with Crippen molar-refractivity contribution in [3.63, 3.8) is 0 Å². The molecule has 5 heteroatoms. The Hall–Kier alpha value is -1.91. The highest BCUT2D eigenvalue weighted by atomic mass is 15.3. The van der Waals surface area contributed by atoms with Crippen LogP contribution in [0.3, 0.4) is 0 Å². The van der Waals surface area contributed by atoms with E-state index in [-0.39, 0.29) is 0 Å². The largest absolute Gasteiger partial charge is 0.368 e. The molecule has 1 aliphatic rings. The summed E-state index contributed by atoms with van der Waals surface area (Å²) in [7, 11) is 1.95. The number of rotatable bonds is 2. The van der Waals surface area contributed by atoms with E-state index in [0.29, 0.717) is 5.92 Å². The molecule has 0 aromatic carbocycles. The van der Waals surface area contributed by atoms with Crippen molar-refractivity contribution in [2.24, 2.45) is 7.05 Å². The number of hydrogen-bond acceptors (Lipinski definition) is 4. The lowest BCUT2D eigenvalue weighted by Crippen LogP contribution is -2.34. The summed E-state index contributed by atoms with van der Waals surface area (Å²) in [4.78, 5) is 11.0. The lowest BCUT2D eigenvalue weighted by Gasteiger charge is -2.32. The number of hydrogen-bond donors (Lipinski definition) is 0. The maximum absolute atomic E-state index is 4.43. The predicted molar refractivity (Wildman–Crippen MR) is 69.4 cm³/mol. The summed E-state index contributed by atoms with van der Waals surface area (Å²) in [5.74, 6) is 0.479. The number of nitrogens with zero attached hydrogens (tertiary/aromatic N) is 5. The van der Waals surface area contributed by atoms with Crippen LogP contribution in [-0.2, 0) is 7.05 Å². The Kier molecular flexibility index (Phi) is 2.96. The molecule has 18 heavy (non-hydrogen) atoms. The number of anilines is 1. The van der Waals surface area contributed by atoms with E-state index in [4.69, 9.17) is 0 Å². The fourth-order valence-corrected chi connectivity index (χ4v) is 2.55. The van der Waals surface area contributed by atoms with Gasteiger partial charge in [-0.05, 0) is 12.8 Å². The Morgan fingerprint density at radius 2 is 2.22 bits per heavy atom. The van der Waals surface area contributed by atoms with Crippen LogP contribution < -0.4 is 4.90 Å². The van der Waals surface area contributed by atoms with Gasteiger partial charge in [-0.1, -0.05) is 0 Å². The standard InChI is InChI=1S/C13H17N5/c1-17-10-12(7-16-17)18-6-2-3-11(9-18)13-8-14-4-5-15-13/h4-5,7-8,10-11H,2-3,6,9H2,1H3/t11-/m0/s1. The quantitative estimate of drug-likeness (QED) is 0.803. The second-order valence-corrected chi connectivity index (χ2v) is 4.79. The van der Waals surface area contributed by atoms with Gasteiger partial charge in [0, 0.05) is 50.8 Å². The van der Waals surface area contributed by atoms with E-state index in [2.05, 4.69) is 26.2 Å². The molecular weight excluding hydrogens is 226 g/mol. The van der Waals surface area contributed by atoms with Crippen LogP contribution in [0.1, 0.15) is 24.5 Å². The van der Waals surface area contributed by atoms with Crippen LogP contribution in [-0.4, -0.2) is 32.8 Å². The Bertz CT molecular complexity index is 507. The van der Waals surface area contributed by atoms with Crippen molar-refractivity contribution < 1.29 is 0 Å². The van der Waals surface area contributed by atoms with Gasteiger partial charge >= 0.3 is 0 Å². The molecule has 2 aromatic heterocycles. The van der Waals surface area contributed by atoms with Gasteiger partial charge in [0.05, 0.1) is 17.6 Å². The smallest absolute Gasteiger partial charge is 0.0752 e. The molecule has 0 saturated carbocycles. The molecule has 1 fully saturated rings. The molecule has 0 N–H and O–H groups in total. The summed E-state index contributed by atoms with van der Waals surface area (Å²) < 4.78 is 1.85. The average Bonchev–Trinajstić information content (AvgIpc) is 2.87. The summed E-state index contributed by atoms with van der Waals surface area (Å²) in [6.45, 7) is 2.10. The molecule has 3 rings (SSSR count). The molecule has 1 saturated heterocycles. The predicted octanol–water partition coefficient (Wildman–Crippen LogP) is 1.59. The Balaban J connectivity index is 1.76. The zero-order valence-electron chi connectivity index (χ0n) is 10.5. The minimum absolute atomic E-state index is 0.479. The average molecular weight is 243 g/mol. The van der Waals surface area contributed by atoms with Crippen LogP contribution >= 0.6 is 0 Å². The fraction of sp³-hybridized carbons (Fsp3) is 0.462. The van der Waals surface area contributed by atoms with Gasteiger partial charge in [0.2, 0.25) is 0 Å². The van der Waals surface area contributed by atoms with E-state index < -0.39 is 0 Å². The Morgan fingerprint density at radius 1 is 1.28 bits per heavy atom. The molecule has 0 aliphatic carbocycles. The van der Waals surface area contributed by atoms with Crippen molar-refractivity contribution in [3.8, 4) is 0 Å². The Labute approximate surface area is 106 Å². The SMILES string of the molecule is Cn1cc(N2CCC[C@H](c3cnccn3)C2)cn1. The number of piperidine rings is 1. The first-order valence-corrected chi connectivity index (χ1v) is 6.32. The van der Waals surface area contributed by atoms with Gasteiger partial charge in [-0.15, -0.1) is 0 Å². The van der Waals surface area contributed by atoms with Crippen molar-refractivity contribution in [1.29, 1.82) is 0 Å². The molecule has 0 radical (unpaired) electrons. The molecule has 1 atom stereocenters. The van der Waals surface area contributed by atoms with Gasteiger partial charge < -0.3 is 4.90 Å². The van der Waals surface area contributed by atoms with Crippen LogP contribution in [0.15, 0.2) is 31.0 Å². The molecule has 0 bridgehead atoms. The number of aryl methyl sites for hydroxylation is 1. The van der Waals surface area contributed by atoms with Gasteiger partial charge in [-0.3, -0.25) is 14.6 Å². The molecule has 3 heterocycles. The third kappa shape index (κ3) is 2.20. The molecule has 5 nitrogen and oxygen atoms in total. The van der Waals surface area contributed by atoms with Crippen LogP contribution in [0.5, 0.6) is 0 Å². The lowest BCUT2D eigenvalue weighted by atomic mass is 9.95. The molecule has 1 aliphatic heterocycles. The highest BCUT2D eigenvalue weighted by molar-refractivity contribution is 5.43. The summed E-state index contributed by atoms with van der Waals surface area (Å²) >= 11 is 0. The first-order chi connectivity index (χ1) is 8.83. The molecule has 0 spiro atoms. The van der Waals surface area contributed by atoms with Crippen LogP contribution in [0.4, 0.5) is 5.69 Å². The van der Waals surface area contributed by atoms with E-state index in [9.17, 15) is 0 Å². The molecule has 2 aromatic rings. The molecule has 0 unspecified atom stereocenters. The highest BCUT2D eigenvalue weighted by Crippen LogP contribution is 2.28. The van der Waals surface area contributed by atoms with E-state index in [1.165, 1.54) is 18.5 Å². The van der Waals surface area contributed by atoms with Crippen molar-refractivity contribution in [2.45, 2.75) is 18.8 Å². The van der Waals surface area contributed by atoms with E-state index in [1.54, 1.807) is 12.4 Å². The van der Waals surface area contributed by atoms with Gasteiger partial charge in [0.1, 0.15) is 0 Å². The van der Waals surface area contributed by atoms with Crippen molar-refractivity contribution in [2.75, 3.05) is 18.0 Å². The third-order valence-corrected chi connectivity index (χ3v) is 3.48.